The third-order valence-corrected chi connectivity index (χ3v) is 2.64. The number of hydrogen-bond acceptors (Lipinski definition) is 4. The maximum atomic E-state index is 11.4. The molecule has 1 aromatic rings. The van der Waals surface area contributed by atoms with E-state index in [-0.39, 0.29) is 12.5 Å². The van der Waals surface area contributed by atoms with Crippen molar-refractivity contribution in [2.75, 3.05) is 6.54 Å². The summed E-state index contributed by atoms with van der Waals surface area (Å²) in [7, 11) is 0. The number of aromatic nitrogens is 1. The Labute approximate surface area is 87.0 Å². The molecule has 1 heterocycles. The first-order valence-corrected chi connectivity index (χ1v) is 5.38. The largest absolute Gasteiger partial charge is 0.388 e. The van der Waals surface area contributed by atoms with Crippen LogP contribution in [0.25, 0.3) is 0 Å². The van der Waals surface area contributed by atoms with Crippen molar-refractivity contribution >= 4 is 17.2 Å². The minimum Gasteiger partial charge on any atom is -0.388 e. The summed E-state index contributed by atoms with van der Waals surface area (Å²) in [5, 5.41) is 13.9. The zero-order valence-corrected chi connectivity index (χ0v) is 9.10. The van der Waals surface area contributed by atoms with Gasteiger partial charge in [0.2, 0.25) is 0 Å². The van der Waals surface area contributed by atoms with Gasteiger partial charge in [-0.25, -0.2) is 4.98 Å². The summed E-state index contributed by atoms with van der Waals surface area (Å²) in [4.78, 5) is 15.3. The highest BCUT2D eigenvalue weighted by atomic mass is 32.1. The number of carbonyl (C=O) groups is 1. The molecule has 0 radical (unpaired) electrons. The standard InChI is InChI=1S/C9H14N2O2S/c1-3-9(2,13)5-10-8(12)7-4-14-6-11-7/h4,6,13H,3,5H2,1-2H3,(H,10,12). The molecule has 0 aromatic carbocycles. The highest BCUT2D eigenvalue weighted by molar-refractivity contribution is 7.07. The molecule has 0 aliphatic rings. The number of nitrogens with one attached hydrogen (secondary N) is 1. The molecule has 14 heavy (non-hydrogen) atoms. The molecule has 0 spiro atoms. The Hall–Kier alpha value is -0.940. The van der Waals surface area contributed by atoms with Crippen LogP contribution >= 0.6 is 11.3 Å². The lowest BCUT2D eigenvalue weighted by Crippen LogP contribution is -2.40. The van der Waals surface area contributed by atoms with Crippen molar-refractivity contribution in [3.05, 3.63) is 16.6 Å². The number of hydrogen-bond donors (Lipinski definition) is 2. The molecule has 5 heteroatoms. The predicted octanol–water partition coefficient (Wildman–Crippen LogP) is 1.03. The molecule has 0 bridgehead atoms. The molecule has 1 atom stereocenters. The van der Waals surface area contributed by atoms with Crippen molar-refractivity contribution in [1.29, 1.82) is 0 Å². The fourth-order valence-electron chi connectivity index (χ4n) is 0.811. The summed E-state index contributed by atoms with van der Waals surface area (Å²) >= 11 is 1.37. The van der Waals surface area contributed by atoms with Crippen LogP contribution in [-0.4, -0.2) is 28.1 Å². The van der Waals surface area contributed by atoms with Crippen LogP contribution in [0.4, 0.5) is 0 Å². The molecule has 4 nitrogen and oxygen atoms in total. The average molecular weight is 214 g/mol. The molecule has 0 aliphatic heterocycles. The molecule has 0 saturated carbocycles. The Balaban J connectivity index is 2.43. The van der Waals surface area contributed by atoms with Gasteiger partial charge < -0.3 is 10.4 Å². The van der Waals surface area contributed by atoms with Crippen LogP contribution in [0.1, 0.15) is 30.8 Å². The lowest BCUT2D eigenvalue weighted by atomic mass is 10.0. The first-order valence-electron chi connectivity index (χ1n) is 4.44. The van der Waals surface area contributed by atoms with E-state index < -0.39 is 5.60 Å². The van der Waals surface area contributed by atoms with E-state index in [4.69, 9.17) is 0 Å². The summed E-state index contributed by atoms with van der Waals surface area (Å²) in [6, 6.07) is 0. The van der Waals surface area contributed by atoms with E-state index in [1.807, 2.05) is 6.92 Å². The van der Waals surface area contributed by atoms with Gasteiger partial charge in [-0.05, 0) is 13.3 Å². The van der Waals surface area contributed by atoms with Gasteiger partial charge in [0.1, 0.15) is 5.69 Å². The van der Waals surface area contributed by atoms with Gasteiger partial charge in [-0.3, -0.25) is 4.79 Å². The fraction of sp³-hybridized carbons (Fsp3) is 0.556. The minimum absolute atomic E-state index is 0.236. The van der Waals surface area contributed by atoms with E-state index in [0.29, 0.717) is 12.1 Å². The highest BCUT2D eigenvalue weighted by Crippen LogP contribution is 2.07. The molecule has 1 aromatic heterocycles. The zero-order chi connectivity index (χ0) is 10.6. The first-order chi connectivity index (χ1) is 6.55. The Morgan fingerprint density at radius 3 is 3.00 bits per heavy atom. The number of thiazole rings is 1. The molecule has 0 fully saturated rings. The van der Waals surface area contributed by atoms with Crippen molar-refractivity contribution in [3.8, 4) is 0 Å². The van der Waals surface area contributed by atoms with Crippen molar-refractivity contribution in [1.82, 2.24) is 10.3 Å². The SMILES string of the molecule is CCC(C)(O)CNC(=O)c1cscn1. The Kier molecular flexibility index (Phi) is 3.60. The van der Waals surface area contributed by atoms with Gasteiger partial charge in [-0.15, -0.1) is 11.3 Å². The number of carbonyl (C=O) groups excluding carboxylic acids is 1. The second kappa shape index (κ2) is 4.52. The average Bonchev–Trinajstić information content (AvgIpc) is 2.67. The van der Waals surface area contributed by atoms with Gasteiger partial charge in [0, 0.05) is 11.9 Å². The smallest absolute Gasteiger partial charge is 0.270 e. The summed E-state index contributed by atoms with van der Waals surface area (Å²) in [6.07, 6.45) is 0.602. The molecular formula is C9H14N2O2S. The van der Waals surface area contributed by atoms with Gasteiger partial charge in [-0.2, -0.15) is 0 Å². The van der Waals surface area contributed by atoms with Gasteiger partial charge >= 0.3 is 0 Å². The van der Waals surface area contributed by atoms with Gasteiger partial charge in [0.25, 0.3) is 5.91 Å². The van der Waals surface area contributed by atoms with Crippen LogP contribution in [0.15, 0.2) is 10.9 Å². The van der Waals surface area contributed by atoms with Crippen molar-refractivity contribution in [2.24, 2.45) is 0 Å². The van der Waals surface area contributed by atoms with Crippen LogP contribution in [-0.2, 0) is 0 Å². The summed E-state index contributed by atoms with van der Waals surface area (Å²) in [5.41, 5.74) is 1.17. The second-order valence-corrected chi connectivity index (χ2v) is 4.13. The van der Waals surface area contributed by atoms with Crippen LogP contribution in [0.5, 0.6) is 0 Å². The van der Waals surface area contributed by atoms with E-state index >= 15 is 0 Å². The van der Waals surface area contributed by atoms with Crippen LogP contribution in [0.2, 0.25) is 0 Å². The van der Waals surface area contributed by atoms with Gasteiger partial charge in [0.15, 0.2) is 0 Å². The normalized spacial score (nSPS) is 14.8. The number of nitrogens with zero attached hydrogens (tertiary/aromatic N) is 1. The predicted molar refractivity (Wildman–Crippen MR) is 55.4 cm³/mol. The maximum absolute atomic E-state index is 11.4. The van der Waals surface area contributed by atoms with Crippen molar-refractivity contribution in [2.45, 2.75) is 25.9 Å². The van der Waals surface area contributed by atoms with E-state index in [1.165, 1.54) is 11.3 Å². The monoisotopic (exact) mass is 214 g/mol. The maximum Gasteiger partial charge on any atom is 0.270 e. The number of rotatable bonds is 4. The van der Waals surface area contributed by atoms with Gasteiger partial charge in [0.05, 0.1) is 11.1 Å². The molecular weight excluding hydrogens is 200 g/mol. The Bertz CT molecular complexity index is 296. The minimum atomic E-state index is -0.842. The third-order valence-electron chi connectivity index (χ3n) is 2.06. The van der Waals surface area contributed by atoms with E-state index in [0.717, 1.165) is 0 Å². The molecule has 1 rings (SSSR count). The fourth-order valence-corrected chi connectivity index (χ4v) is 1.34. The topological polar surface area (TPSA) is 62.2 Å². The van der Waals surface area contributed by atoms with Crippen molar-refractivity contribution in [3.63, 3.8) is 0 Å². The quantitative estimate of drug-likeness (QED) is 0.787. The third kappa shape index (κ3) is 3.08. The van der Waals surface area contributed by atoms with Gasteiger partial charge in [-0.1, -0.05) is 6.92 Å². The molecule has 0 saturated heterocycles. The summed E-state index contributed by atoms with van der Waals surface area (Å²) < 4.78 is 0. The lowest BCUT2D eigenvalue weighted by Gasteiger charge is -2.21. The molecule has 2 N–H and O–H groups in total. The molecule has 1 amide bonds. The highest BCUT2D eigenvalue weighted by Gasteiger charge is 2.19. The lowest BCUT2D eigenvalue weighted by molar-refractivity contribution is 0.0517. The van der Waals surface area contributed by atoms with E-state index in [9.17, 15) is 9.90 Å². The Morgan fingerprint density at radius 1 is 1.79 bits per heavy atom. The number of aliphatic hydroxyl groups is 1. The number of amides is 1. The van der Waals surface area contributed by atoms with Crippen LogP contribution in [0.3, 0.4) is 0 Å². The summed E-state index contributed by atoms with van der Waals surface area (Å²) in [5.74, 6) is -0.236. The summed E-state index contributed by atoms with van der Waals surface area (Å²) in [6.45, 7) is 3.81. The van der Waals surface area contributed by atoms with Crippen LogP contribution < -0.4 is 5.32 Å². The zero-order valence-electron chi connectivity index (χ0n) is 8.28. The molecule has 0 aliphatic carbocycles. The molecule has 78 valence electrons. The van der Waals surface area contributed by atoms with Crippen molar-refractivity contribution < 1.29 is 9.90 Å². The molecule has 1 unspecified atom stereocenters. The first kappa shape index (κ1) is 11.1. The van der Waals surface area contributed by atoms with Crippen LogP contribution in [0, 0.1) is 0 Å². The van der Waals surface area contributed by atoms with E-state index in [1.54, 1.807) is 17.8 Å². The van der Waals surface area contributed by atoms with E-state index in [2.05, 4.69) is 10.3 Å². The second-order valence-electron chi connectivity index (χ2n) is 3.41. The Morgan fingerprint density at radius 2 is 2.50 bits per heavy atom.